The Hall–Kier alpha value is -1.46. The van der Waals surface area contributed by atoms with Gasteiger partial charge in [-0.05, 0) is 49.8 Å². The fraction of sp³-hybridized carbons (Fsp3) is 0.611. The lowest BCUT2D eigenvalue weighted by Crippen LogP contribution is -2.36. The molecule has 1 saturated heterocycles. The summed E-state index contributed by atoms with van der Waals surface area (Å²) in [5, 5.41) is 4.14. The van der Waals surface area contributed by atoms with Crippen molar-refractivity contribution >= 4 is 17.5 Å². The molecule has 0 bridgehead atoms. The van der Waals surface area contributed by atoms with Gasteiger partial charge in [0, 0.05) is 36.6 Å². The van der Waals surface area contributed by atoms with E-state index in [-0.39, 0.29) is 6.79 Å². The number of rotatable bonds is 7. The predicted octanol–water partition coefficient (Wildman–Crippen LogP) is 2.95. The van der Waals surface area contributed by atoms with Gasteiger partial charge < -0.3 is 19.7 Å². The highest BCUT2D eigenvalue weighted by Gasteiger charge is 2.34. The van der Waals surface area contributed by atoms with E-state index in [0.29, 0.717) is 35.7 Å². The first kappa shape index (κ1) is 16.0. The zero-order valence-corrected chi connectivity index (χ0v) is 14.5. The zero-order chi connectivity index (χ0) is 16.5. The van der Waals surface area contributed by atoms with E-state index in [1.807, 2.05) is 12.1 Å². The van der Waals surface area contributed by atoms with Gasteiger partial charge in [-0.2, -0.15) is 0 Å². The van der Waals surface area contributed by atoms with Crippen LogP contribution in [0.4, 0.5) is 0 Å². The fourth-order valence-electron chi connectivity index (χ4n) is 3.51. The highest BCUT2D eigenvalue weighted by molar-refractivity contribution is 6.31. The summed E-state index contributed by atoms with van der Waals surface area (Å²) < 4.78 is 10.7. The van der Waals surface area contributed by atoms with Gasteiger partial charge in [0.15, 0.2) is 11.5 Å². The molecule has 1 amide bonds. The number of benzene rings is 1. The predicted molar refractivity (Wildman–Crippen MR) is 91.4 cm³/mol. The Morgan fingerprint density at radius 3 is 2.79 bits per heavy atom. The molecule has 2 heterocycles. The Labute approximate surface area is 147 Å². The third kappa shape index (κ3) is 3.47. The van der Waals surface area contributed by atoms with E-state index >= 15 is 0 Å². The summed E-state index contributed by atoms with van der Waals surface area (Å²) in [5.74, 6) is 2.57. The number of carbonyl (C=O) groups is 1. The van der Waals surface area contributed by atoms with E-state index < -0.39 is 0 Å². The van der Waals surface area contributed by atoms with Crippen LogP contribution >= 0.6 is 11.6 Å². The highest BCUT2D eigenvalue weighted by atomic mass is 35.5. The van der Waals surface area contributed by atoms with Crippen molar-refractivity contribution in [1.82, 2.24) is 10.2 Å². The van der Waals surface area contributed by atoms with Crippen LogP contribution in [0.3, 0.4) is 0 Å². The summed E-state index contributed by atoms with van der Waals surface area (Å²) >= 11 is 6.29. The van der Waals surface area contributed by atoms with Gasteiger partial charge >= 0.3 is 0 Å². The van der Waals surface area contributed by atoms with Crippen LogP contribution in [-0.4, -0.2) is 36.7 Å². The molecule has 130 valence electrons. The van der Waals surface area contributed by atoms with Gasteiger partial charge in [0.1, 0.15) is 0 Å². The van der Waals surface area contributed by atoms with Crippen LogP contribution in [0.25, 0.3) is 0 Å². The molecule has 0 radical (unpaired) electrons. The summed E-state index contributed by atoms with van der Waals surface area (Å²) in [6, 6.07) is 4.15. The maximum absolute atomic E-state index is 12.0. The molecule has 5 nitrogen and oxygen atoms in total. The molecule has 1 aromatic rings. The number of amides is 1. The Bertz CT molecular complexity index is 633. The molecule has 0 unspecified atom stereocenters. The van der Waals surface area contributed by atoms with Crippen LogP contribution in [-0.2, 0) is 11.3 Å². The molecule has 0 spiro atoms. The molecule has 0 aromatic heterocycles. The van der Waals surface area contributed by atoms with E-state index in [1.54, 1.807) is 0 Å². The highest BCUT2D eigenvalue weighted by Crippen LogP contribution is 2.37. The van der Waals surface area contributed by atoms with E-state index in [0.717, 1.165) is 43.2 Å². The average Bonchev–Trinajstić information content (AvgIpc) is 3.17. The third-order valence-electron chi connectivity index (χ3n) is 5.12. The van der Waals surface area contributed by atoms with Gasteiger partial charge in [0.2, 0.25) is 12.7 Å². The van der Waals surface area contributed by atoms with Crippen molar-refractivity contribution in [2.24, 2.45) is 5.92 Å². The smallest absolute Gasteiger partial charge is 0.231 e. The second-order valence-corrected chi connectivity index (χ2v) is 7.35. The molecule has 1 aromatic carbocycles. The Kier molecular flexibility index (Phi) is 4.55. The number of nitrogens with one attached hydrogen (secondary N) is 1. The van der Waals surface area contributed by atoms with Gasteiger partial charge in [-0.1, -0.05) is 11.6 Å². The van der Waals surface area contributed by atoms with E-state index in [1.165, 1.54) is 12.8 Å². The van der Waals surface area contributed by atoms with Crippen LogP contribution in [0.2, 0.25) is 5.02 Å². The lowest BCUT2D eigenvalue weighted by atomic mass is 10.1. The maximum atomic E-state index is 12.0. The van der Waals surface area contributed by atoms with Crippen molar-refractivity contribution in [2.45, 2.75) is 44.7 Å². The molecule has 1 aliphatic carbocycles. The number of fused-ring (bicyclic) bond motifs is 1. The summed E-state index contributed by atoms with van der Waals surface area (Å²) in [7, 11) is 0. The molecule has 2 aliphatic heterocycles. The number of carbonyl (C=O) groups excluding carboxylic acids is 1. The standard InChI is InChI=1S/C18H23ClN2O3/c19-15-8-17-16(23-11-24-17)7-13(15)9-20-6-5-14-3-4-18(22)21(14)10-12-1-2-12/h7-8,12,14,20H,1-6,9-11H2/t14-/m0/s1. The Balaban J connectivity index is 1.26. The second kappa shape index (κ2) is 6.81. The van der Waals surface area contributed by atoms with Crippen LogP contribution < -0.4 is 14.8 Å². The minimum atomic E-state index is 0.259. The number of nitrogens with zero attached hydrogens (tertiary/aromatic N) is 1. The molecule has 24 heavy (non-hydrogen) atoms. The summed E-state index contributed by atoms with van der Waals surface area (Å²) in [5.41, 5.74) is 1.01. The topological polar surface area (TPSA) is 50.8 Å². The first-order chi connectivity index (χ1) is 11.7. The molecule has 1 N–H and O–H groups in total. The van der Waals surface area contributed by atoms with Crippen molar-refractivity contribution in [2.75, 3.05) is 19.9 Å². The van der Waals surface area contributed by atoms with Gasteiger partial charge in [-0.25, -0.2) is 0 Å². The first-order valence-electron chi connectivity index (χ1n) is 8.79. The Morgan fingerprint density at radius 2 is 2.00 bits per heavy atom. The minimum Gasteiger partial charge on any atom is -0.454 e. The number of ether oxygens (including phenoxy) is 2. The van der Waals surface area contributed by atoms with Gasteiger partial charge in [-0.3, -0.25) is 4.79 Å². The van der Waals surface area contributed by atoms with Crippen molar-refractivity contribution in [1.29, 1.82) is 0 Å². The van der Waals surface area contributed by atoms with Gasteiger partial charge in [0.25, 0.3) is 0 Å². The van der Waals surface area contributed by atoms with Gasteiger partial charge in [0.05, 0.1) is 0 Å². The molecule has 4 rings (SSSR count). The van der Waals surface area contributed by atoms with E-state index in [9.17, 15) is 4.79 Å². The van der Waals surface area contributed by atoms with Crippen molar-refractivity contribution < 1.29 is 14.3 Å². The third-order valence-corrected chi connectivity index (χ3v) is 5.47. The summed E-state index contributed by atoms with van der Waals surface area (Å²) in [4.78, 5) is 14.1. The average molecular weight is 351 g/mol. The van der Waals surface area contributed by atoms with Crippen LogP contribution in [0.1, 0.15) is 37.7 Å². The molecule has 3 aliphatic rings. The molecular weight excluding hydrogens is 328 g/mol. The largest absolute Gasteiger partial charge is 0.454 e. The maximum Gasteiger partial charge on any atom is 0.231 e. The van der Waals surface area contributed by atoms with Crippen LogP contribution in [0, 0.1) is 5.92 Å². The number of hydrogen-bond donors (Lipinski definition) is 1. The SMILES string of the molecule is O=C1CC[C@@H](CCNCc2cc3c(cc2Cl)OCO3)N1CC1CC1. The van der Waals surface area contributed by atoms with Crippen molar-refractivity contribution in [3.63, 3.8) is 0 Å². The number of hydrogen-bond acceptors (Lipinski definition) is 4. The first-order valence-corrected chi connectivity index (χ1v) is 9.16. The monoisotopic (exact) mass is 350 g/mol. The number of likely N-dealkylation sites (tertiary alicyclic amines) is 1. The Morgan fingerprint density at radius 1 is 1.21 bits per heavy atom. The molecule has 1 atom stereocenters. The van der Waals surface area contributed by atoms with E-state index in [2.05, 4.69) is 10.2 Å². The second-order valence-electron chi connectivity index (χ2n) is 6.94. The quantitative estimate of drug-likeness (QED) is 0.768. The van der Waals surface area contributed by atoms with E-state index in [4.69, 9.17) is 21.1 Å². The fourth-order valence-corrected chi connectivity index (χ4v) is 3.73. The lowest BCUT2D eigenvalue weighted by Gasteiger charge is -2.25. The minimum absolute atomic E-state index is 0.259. The van der Waals surface area contributed by atoms with Crippen molar-refractivity contribution in [3.8, 4) is 11.5 Å². The summed E-state index contributed by atoms with van der Waals surface area (Å²) in [6.45, 7) is 2.80. The number of halogens is 1. The normalized spacial score (nSPS) is 22.5. The molecule has 6 heteroatoms. The lowest BCUT2D eigenvalue weighted by molar-refractivity contribution is -0.129. The molecule has 1 saturated carbocycles. The van der Waals surface area contributed by atoms with Gasteiger partial charge in [-0.15, -0.1) is 0 Å². The van der Waals surface area contributed by atoms with Crippen molar-refractivity contribution in [3.05, 3.63) is 22.7 Å². The zero-order valence-electron chi connectivity index (χ0n) is 13.7. The molecule has 2 fully saturated rings. The van der Waals surface area contributed by atoms with Crippen LogP contribution in [0.5, 0.6) is 11.5 Å². The summed E-state index contributed by atoms with van der Waals surface area (Å²) in [6.07, 6.45) is 5.29. The van der Waals surface area contributed by atoms with Crippen LogP contribution in [0.15, 0.2) is 12.1 Å². The molecular formula is C18H23ClN2O3.